The SMILES string of the molecule is CC1(C)C2C(=O)N(c3ccc(C(F)(F)F)cc3N)C(=O)C21. The lowest BCUT2D eigenvalue weighted by molar-refractivity contribution is -0.137. The summed E-state index contributed by atoms with van der Waals surface area (Å²) in [6.07, 6.45) is -4.52. The second-order valence-corrected chi connectivity index (χ2v) is 6.06. The third-order valence-electron chi connectivity index (χ3n) is 4.40. The largest absolute Gasteiger partial charge is 0.416 e. The molecular weight excluding hydrogens is 285 g/mol. The van der Waals surface area contributed by atoms with E-state index in [1.165, 1.54) is 0 Å². The fourth-order valence-corrected chi connectivity index (χ4v) is 3.12. The number of fused-ring (bicyclic) bond motifs is 1. The summed E-state index contributed by atoms with van der Waals surface area (Å²) in [7, 11) is 0. The average Bonchev–Trinajstić information content (AvgIpc) is 2.80. The van der Waals surface area contributed by atoms with Gasteiger partial charge in [-0.05, 0) is 23.6 Å². The van der Waals surface area contributed by atoms with Crippen molar-refractivity contribution in [3.63, 3.8) is 0 Å². The van der Waals surface area contributed by atoms with Gasteiger partial charge in [-0.25, -0.2) is 4.90 Å². The molecule has 2 N–H and O–H groups in total. The highest BCUT2D eigenvalue weighted by Gasteiger charge is 2.72. The van der Waals surface area contributed by atoms with E-state index in [-0.39, 0.29) is 28.6 Å². The topological polar surface area (TPSA) is 63.4 Å². The smallest absolute Gasteiger partial charge is 0.397 e. The van der Waals surface area contributed by atoms with Gasteiger partial charge in [-0.2, -0.15) is 13.2 Å². The molecule has 2 fully saturated rings. The third kappa shape index (κ3) is 1.76. The van der Waals surface area contributed by atoms with Gasteiger partial charge >= 0.3 is 6.18 Å². The Hall–Kier alpha value is -2.05. The molecule has 1 aliphatic heterocycles. The van der Waals surface area contributed by atoms with Crippen molar-refractivity contribution in [2.75, 3.05) is 10.6 Å². The van der Waals surface area contributed by atoms with Gasteiger partial charge in [0.25, 0.3) is 0 Å². The first-order valence-corrected chi connectivity index (χ1v) is 6.41. The molecule has 2 atom stereocenters. The molecule has 2 aliphatic rings. The molecule has 2 amide bonds. The fourth-order valence-electron chi connectivity index (χ4n) is 3.12. The summed E-state index contributed by atoms with van der Waals surface area (Å²) < 4.78 is 37.8. The van der Waals surface area contributed by atoms with Crippen LogP contribution in [-0.4, -0.2) is 11.8 Å². The molecule has 0 aromatic heterocycles. The number of alkyl halides is 3. The lowest BCUT2D eigenvalue weighted by Crippen LogP contribution is -2.36. The van der Waals surface area contributed by atoms with Crippen molar-refractivity contribution in [1.82, 2.24) is 0 Å². The number of piperidine rings is 1. The van der Waals surface area contributed by atoms with Crippen LogP contribution in [0.4, 0.5) is 24.5 Å². The summed E-state index contributed by atoms with van der Waals surface area (Å²) in [6, 6.07) is 2.64. The molecule has 0 spiro atoms. The number of nitrogens with two attached hydrogens (primary N) is 1. The van der Waals surface area contributed by atoms with E-state index < -0.39 is 23.6 Å². The number of nitrogen functional groups attached to an aromatic ring is 1. The number of anilines is 2. The van der Waals surface area contributed by atoms with E-state index in [1.807, 2.05) is 13.8 Å². The number of carbonyl (C=O) groups is 2. The van der Waals surface area contributed by atoms with Crippen LogP contribution < -0.4 is 10.6 Å². The Labute approximate surface area is 118 Å². The van der Waals surface area contributed by atoms with E-state index in [0.717, 1.165) is 23.1 Å². The molecule has 21 heavy (non-hydrogen) atoms. The molecule has 4 nitrogen and oxygen atoms in total. The van der Waals surface area contributed by atoms with Crippen LogP contribution in [0.15, 0.2) is 18.2 Å². The summed E-state index contributed by atoms with van der Waals surface area (Å²) in [5, 5.41) is 0. The number of hydrogen-bond acceptors (Lipinski definition) is 3. The van der Waals surface area contributed by atoms with E-state index in [2.05, 4.69) is 0 Å². The molecule has 1 aromatic carbocycles. The number of amides is 2. The monoisotopic (exact) mass is 298 g/mol. The highest BCUT2D eigenvalue weighted by Crippen LogP contribution is 2.64. The zero-order valence-electron chi connectivity index (χ0n) is 11.4. The van der Waals surface area contributed by atoms with Gasteiger partial charge in [-0.3, -0.25) is 9.59 Å². The van der Waals surface area contributed by atoms with Crippen LogP contribution in [-0.2, 0) is 15.8 Å². The molecule has 3 rings (SSSR count). The first-order chi connectivity index (χ1) is 9.56. The molecule has 0 radical (unpaired) electrons. The average molecular weight is 298 g/mol. The number of imide groups is 1. The molecule has 7 heteroatoms. The number of rotatable bonds is 1. The molecule has 1 heterocycles. The van der Waals surface area contributed by atoms with Crippen molar-refractivity contribution < 1.29 is 22.8 Å². The van der Waals surface area contributed by atoms with E-state index >= 15 is 0 Å². The van der Waals surface area contributed by atoms with Crippen LogP contribution >= 0.6 is 0 Å². The van der Waals surface area contributed by atoms with Crippen molar-refractivity contribution >= 4 is 23.2 Å². The van der Waals surface area contributed by atoms with Crippen molar-refractivity contribution in [2.24, 2.45) is 17.3 Å². The maximum absolute atomic E-state index is 12.6. The van der Waals surface area contributed by atoms with E-state index in [4.69, 9.17) is 5.73 Å². The van der Waals surface area contributed by atoms with Crippen molar-refractivity contribution in [2.45, 2.75) is 20.0 Å². The molecule has 0 bridgehead atoms. The van der Waals surface area contributed by atoms with Crippen LogP contribution in [0.5, 0.6) is 0 Å². The number of benzene rings is 1. The zero-order chi connectivity index (χ0) is 15.7. The fraction of sp³-hybridized carbons (Fsp3) is 0.429. The lowest BCUT2D eigenvalue weighted by Gasteiger charge is -2.22. The molecule has 2 unspecified atom stereocenters. The van der Waals surface area contributed by atoms with Gasteiger partial charge in [0.05, 0.1) is 28.8 Å². The van der Waals surface area contributed by atoms with Gasteiger partial charge in [-0.15, -0.1) is 0 Å². The normalized spacial score (nSPS) is 27.0. The minimum Gasteiger partial charge on any atom is -0.397 e. The molecule has 1 saturated heterocycles. The molecular formula is C14H13F3N2O2. The minimum absolute atomic E-state index is 0.0287. The summed E-state index contributed by atoms with van der Waals surface area (Å²) in [5.41, 5.74) is 4.12. The molecule has 1 saturated carbocycles. The Kier molecular flexibility index (Phi) is 2.50. The van der Waals surface area contributed by atoms with Crippen LogP contribution in [0, 0.1) is 17.3 Å². The molecule has 1 aliphatic carbocycles. The summed E-state index contributed by atoms with van der Waals surface area (Å²) in [5.74, 6) is -1.57. The lowest BCUT2D eigenvalue weighted by atomic mass is 10.0. The van der Waals surface area contributed by atoms with Gasteiger partial charge in [-0.1, -0.05) is 13.8 Å². The highest BCUT2D eigenvalue weighted by atomic mass is 19.4. The van der Waals surface area contributed by atoms with Crippen molar-refractivity contribution in [1.29, 1.82) is 0 Å². The Morgan fingerprint density at radius 3 is 2.10 bits per heavy atom. The first kappa shape index (κ1) is 13.9. The summed E-state index contributed by atoms with van der Waals surface area (Å²) in [6.45, 7) is 3.65. The predicted molar refractivity (Wildman–Crippen MR) is 69.1 cm³/mol. The van der Waals surface area contributed by atoms with Gasteiger partial charge < -0.3 is 5.73 Å². The van der Waals surface area contributed by atoms with Crippen molar-refractivity contribution in [3.05, 3.63) is 23.8 Å². The second kappa shape index (κ2) is 3.78. The number of nitrogens with zero attached hydrogens (tertiary/aromatic N) is 1. The summed E-state index contributed by atoms with van der Waals surface area (Å²) >= 11 is 0. The Morgan fingerprint density at radius 1 is 1.14 bits per heavy atom. The first-order valence-electron chi connectivity index (χ1n) is 6.41. The standard InChI is InChI=1S/C14H13F3N2O2/c1-13(2)9-10(13)12(21)19(11(9)20)8-4-3-6(5-7(8)18)14(15,16)17/h3-5,9-10H,18H2,1-2H3. The minimum atomic E-state index is -4.52. The van der Waals surface area contributed by atoms with Crippen LogP contribution in [0.2, 0.25) is 0 Å². The Bertz CT molecular complexity index is 643. The van der Waals surface area contributed by atoms with E-state index in [1.54, 1.807) is 0 Å². The van der Waals surface area contributed by atoms with E-state index in [9.17, 15) is 22.8 Å². The van der Waals surface area contributed by atoms with Gasteiger partial charge in [0.15, 0.2) is 0 Å². The second-order valence-electron chi connectivity index (χ2n) is 6.06. The maximum Gasteiger partial charge on any atom is 0.416 e. The number of carbonyl (C=O) groups excluding carboxylic acids is 2. The Balaban J connectivity index is 1.97. The number of hydrogen-bond donors (Lipinski definition) is 1. The predicted octanol–water partition coefficient (Wildman–Crippen LogP) is 2.43. The number of halogens is 3. The highest BCUT2D eigenvalue weighted by molar-refractivity contribution is 6.26. The van der Waals surface area contributed by atoms with Gasteiger partial charge in [0.1, 0.15) is 0 Å². The van der Waals surface area contributed by atoms with Gasteiger partial charge in [0.2, 0.25) is 11.8 Å². The molecule has 112 valence electrons. The quantitative estimate of drug-likeness (QED) is 0.640. The zero-order valence-corrected chi connectivity index (χ0v) is 11.4. The Morgan fingerprint density at radius 2 is 1.67 bits per heavy atom. The van der Waals surface area contributed by atoms with E-state index in [0.29, 0.717) is 0 Å². The van der Waals surface area contributed by atoms with Crippen LogP contribution in [0.1, 0.15) is 19.4 Å². The maximum atomic E-state index is 12.6. The molecule has 1 aromatic rings. The third-order valence-corrected chi connectivity index (χ3v) is 4.40. The van der Waals surface area contributed by atoms with Crippen LogP contribution in [0.3, 0.4) is 0 Å². The van der Waals surface area contributed by atoms with Gasteiger partial charge in [0, 0.05) is 0 Å². The van der Waals surface area contributed by atoms with Crippen molar-refractivity contribution in [3.8, 4) is 0 Å². The van der Waals surface area contributed by atoms with Crippen LogP contribution in [0.25, 0.3) is 0 Å². The summed E-state index contributed by atoms with van der Waals surface area (Å²) in [4.78, 5) is 25.4.